The lowest BCUT2D eigenvalue weighted by Crippen LogP contribution is -2.36. The van der Waals surface area contributed by atoms with Gasteiger partial charge >= 0.3 is 0 Å². The molecule has 1 aliphatic rings. The highest BCUT2D eigenvalue weighted by Gasteiger charge is 2.14. The lowest BCUT2D eigenvalue weighted by Gasteiger charge is -2.04. The molecule has 4 heteroatoms. The van der Waals surface area contributed by atoms with Crippen molar-refractivity contribution in [1.82, 2.24) is 10.8 Å². The number of hydrogen-bond donors (Lipinski definition) is 2. The predicted octanol–water partition coefficient (Wildman–Crippen LogP) is -0.974. The molecule has 0 aromatic rings. The highest BCUT2D eigenvalue weighted by molar-refractivity contribution is 5.73. The standard InChI is InChI=1S/C5H10N2O2/c1-4(8)7-5-2-6-9-3-5/h5-6H,2-3H2,1H3,(H,7,8)/t5-/m0/s1. The minimum absolute atomic E-state index is 0.00713. The molecule has 0 bridgehead atoms. The van der Waals surface area contributed by atoms with E-state index in [0.717, 1.165) is 0 Å². The molecular formula is C5H10N2O2. The minimum atomic E-state index is -0.00713. The molecule has 0 aliphatic carbocycles. The van der Waals surface area contributed by atoms with Crippen LogP contribution in [0.15, 0.2) is 0 Å². The quantitative estimate of drug-likeness (QED) is 0.480. The molecule has 1 rings (SSSR count). The lowest BCUT2D eigenvalue weighted by molar-refractivity contribution is -0.119. The summed E-state index contributed by atoms with van der Waals surface area (Å²) in [4.78, 5) is 15.2. The van der Waals surface area contributed by atoms with Crippen molar-refractivity contribution in [2.24, 2.45) is 0 Å². The van der Waals surface area contributed by atoms with Crippen LogP contribution in [0.2, 0.25) is 0 Å². The fourth-order valence-electron chi connectivity index (χ4n) is 0.758. The number of nitrogens with one attached hydrogen (secondary N) is 2. The molecule has 52 valence electrons. The zero-order chi connectivity index (χ0) is 6.69. The SMILES string of the molecule is CC(=O)N[C@H]1CNOC1. The molecule has 1 fully saturated rings. The van der Waals surface area contributed by atoms with Crippen molar-refractivity contribution in [2.75, 3.05) is 13.2 Å². The highest BCUT2D eigenvalue weighted by atomic mass is 16.7. The van der Waals surface area contributed by atoms with Gasteiger partial charge in [0.05, 0.1) is 12.6 Å². The molecule has 1 aliphatic heterocycles. The van der Waals surface area contributed by atoms with Gasteiger partial charge in [0, 0.05) is 13.5 Å². The van der Waals surface area contributed by atoms with E-state index in [1.54, 1.807) is 0 Å². The molecule has 9 heavy (non-hydrogen) atoms. The van der Waals surface area contributed by atoms with Crippen LogP contribution in [0.3, 0.4) is 0 Å². The van der Waals surface area contributed by atoms with Gasteiger partial charge in [-0.05, 0) is 0 Å². The third kappa shape index (κ3) is 1.99. The van der Waals surface area contributed by atoms with Crippen LogP contribution in [0.5, 0.6) is 0 Å². The van der Waals surface area contributed by atoms with Crippen molar-refractivity contribution in [1.29, 1.82) is 0 Å². The van der Waals surface area contributed by atoms with Crippen LogP contribution in [0.4, 0.5) is 0 Å². The molecule has 0 spiro atoms. The predicted molar refractivity (Wildman–Crippen MR) is 31.6 cm³/mol. The first kappa shape index (κ1) is 6.51. The first-order chi connectivity index (χ1) is 4.29. The van der Waals surface area contributed by atoms with E-state index in [1.807, 2.05) is 0 Å². The molecule has 2 N–H and O–H groups in total. The molecule has 0 aromatic carbocycles. The Kier molecular flexibility index (Phi) is 2.02. The maximum atomic E-state index is 10.4. The number of carbonyl (C=O) groups excluding carboxylic acids is 1. The second kappa shape index (κ2) is 2.80. The molecular weight excluding hydrogens is 120 g/mol. The van der Waals surface area contributed by atoms with E-state index >= 15 is 0 Å². The third-order valence-corrected chi connectivity index (χ3v) is 1.12. The summed E-state index contributed by atoms with van der Waals surface area (Å²) in [5, 5.41) is 2.72. The number of carbonyl (C=O) groups is 1. The average Bonchev–Trinajstić information content (AvgIpc) is 2.15. The zero-order valence-electron chi connectivity index (χ0n) is 5.31. The molecule has 1 heterocycles. The minimum Gasteiger partial charge on any atom is -0.350 e. The van der Waals surface area contributed by atoms with Crippen LogP contribution in [0.1, 0.15) is 6.92 Å². The Morgan fingerprint density at radius 3 is 3.11 bits per heavy atom. The van der Waals surface area contributed by atoms with Crippen molar-refractivity contribution < 1.29 is 9.63 Å². The van der Waals surface area contributed by atoms with Gasteiger partial charge in [-0.3, -0.25) is 9.63 Å². The average molecular weight is 130 g/mol. The number of hydrogen-bond acceptors (Lipinski definition) is 3. The summed E-state index contributed by atoms with van der Waals surface area (Å²) in [6.45, 7) is 2.78. The van der Waals surface area contributed by atoms with E-state index in [1.165, 1.54) is 6.92 Å². The molecule has 0 unspecified atom stereocenters. The van der Waals surface area contributed by atoms with Crippen molar-refractivity contribution >= 4 is 5.91 Å². The Morgan fingerprint density at radius 1 is 1.89 bits per heavy atom. The van der Waals surface area contributed by atoms with Crippen molar-refractivity contribution in [2.45, 2.75) is 13.0 Å². The van der Waals surface area contributed by atoms with Gasteiger partial charge in [-0.25, -0.2) is 5.48 Å². The van der Waals surface area contributed by atoms with Gasteiger partial charge in [0.15, 0.2) is 0 Å². The van der Waals surface area contributed by atoms with Gasteiger partial charge < -0.3 is 5.32 Å². The van der Waals surface area contributed by atoms with Crippen molar-refractivity contribution in [3.63, 3.8) is 0 Å². The molecule has 1 amide bonds. The lowest BCUT2D eigenvalue weighted by atomic mass is 10.3. The monoisotopic (exact) mass is 130 g/mol. The van der Waals surface area contributed by atoms with E-state index in [-0.39, 0.29) is 11.9 Å². The van der Waals surface area contributed by atoms with Crippen LogP contribution < -0.4 is 10.8 Å². The van der Waals surface area contributed by atoms with E-state index < -0.39 is 0 Å². The number of amides is 1. The number of rotatable bonds is 1. The Balaban J connectivity index is 2.19. The van der Waals surface area contributed by atoms with Gasteiger partial charge in [-0.2, -0.15) is 0 Å². The van der Waals surface area contributed by atoms with Gasteiger partial charge in [0.1, 0.15) is 0 Å². The summed E-state index contributed by atoms with van der Waals surface area (Å²) < 4.78 is 0. The van der Waals surface area contributed by atoms with E-state index in [0.29, 0.717) is 13.2 Å². The van der Waals surface area contributed by atoms with Gasteiger partial charge in [-0.15, -0.1) is 0 Å². The van der Waals surface area contributed by atoms with Crippen LogP contribution in [-0.4, -0.2) is 25.1 Å². The van der Waals surface area contributed by atoms with E-state index in [4.69, 9.17) is 4.84 Å². The summed E-state index contributed by atoms with van der Waals surface area (Å²) in [6.07, 6.45) is 0. The Hall–Kier alpha value is -0.610. The van der Waals surface area contributed by atoms with Crippen LogP contribution >= 0.6 is 0 Å². The van der Waals surface area contributed by atoms with Crippen LogP contribution in [0.25, 0.3) is 0 Å². The molecule has 1 atom stereocenters. The fourth-order valence-corrected chi connectivity index (χ4v) is 0.758. The largest absolute Gasteiger partial charge is 0.350 e. The highest BCUT2D eigenvalue weighted by Crippen LogP contribution is 1.89. The van der Waals surface area contributed by atoms with Crippen LogP contribution in [-0.2, 0) is 9.63 Å². The summed E-state index contributed by atoms with van der Waals surface area (Å²) >= 11 is 0. The summed E-state index contributed by atoms with van der Waals surface area (Å²) in [6, 6.07) is 0.155. The first-order valence-corrected chi connectivity index (χ1v) is 2.91. The topological polar surface area (TPSA) is 50.4 Å². The van der Waals surface area contributed by atoms with Gasteiger partial charge in [-0.1, -0.05) is 0 Å². The molecule has 0 aromatic heterocycles. The Morgan fingerprint density at radius 2 is 2.67 bits per heavy atom. The summed E-state index contributed by atoms with van der Waals surface area (Å²) in [7, 11) is 0. The second-order valence-electron chi connectivity index (χ2n) is 2.06. The van der Waals surface area contributed by atoms with Crippen molar-refractivity contribution in [3.8, 4) is 0 Å². The van der Waals surface area contributed by atoms with Crippen molar-refractivity contribution in [3.05, 3.63) is 0 Å². The second-order valence-corrected chi connectivity index (χ2v) is 2.06. The van der Waals surface area contributed by atoms with Crippen LogP contribution in [0, 0.1) is 0 Å². The molecule has 4 nitrogen and oxygen atoms in total. The van der Waals surface area contributed by atoms with E-state index in [9.17, 15) is 4.79 Å². The zero-order valence-corrected chi connectivity index (χ0v) is 5.31. The van der Waals surface area contributed by atoms with Gasteiger partial charge in [0.2, 0.25) is 5.91 Å². The normalized spacial score (nSPS) is 26.1. The summed E-state index contributed by atoms with van der Waals surface area (Å²) in [5.74, 6) is -0.00713. The molecule has 0 radical (unpaired) electrons. The summed E-state index contributed by atoms with van der Waals surface area (Å²) in [5.41, 5.74) is 2.66. The first-order valence-electron chi connectivity index (χ1n) is 2.91. The maximum absolute atomic E-state index is 10.4. The Labute approximate surface area is 53.5 Å². The van der Waals surface area contributed by atoms with Gasteiger partial charge in [0.25, 0.3) is 0 Å². The molecule has 0 saturated carbocycles. The van der Waals surface area contributed by atoms with E-state index in [2.05, 4.69) is 10.8 Å². The molecule has 1 saturated heterocycles. The maximum Gasteiger partial charge on any atom is 0.217 e. The number of hydroxylamine groups is 1. The fraction of sp³-hybridized carbons (Fsp3) is 0.800. The third-order valence-electron chi connectivity index (χ3n) is 1.12. The smallest absolute Gasteiger partial charge is 0.217 e. The Bertz CT molecular complexity index is 110.